The van der Waals surface area contributed by atoms with Crippen molar-refractivity contribution in [1.82, 2.24) is 5.32 Å². The van der Waals surface area contributed by atoms with Crippen LogP contribution in [0.25, 0.3) is 0 Å². The van der Waals surface area contributed by atoms with E-state index in [2.05, 4.69) is 37.0 Å². The molecule has 0 radical (unpaired) electrons. The summed E-state index contributed by atoms with van der Waals surface area (Å²) in [6.45, 7) is 4.31. The second kappa shape index (κ2) is 8.82. The molecule has 1 unspecified atom stereocenters. The Kier molecular flexibility index (Phi) is 7.77. The molecule has 0 aliphatic heterocycles. The van der Waals surface area contributed by atoms with Gasteiger partial charge in [-0.1, -0.05) is 19.8 Å². The molecular formula is C15H28N2S. The largest absolute Gasteiger partial charge is 0.297 e. The molecule has 3 heteroatoms. The van der Waals surface area contributed by atoms with Gasteiger partial charge in [0.15, 0.2) is 0 Å². The Morgan fingerprint density at radius 3 is 2.44 bits per heavy atom. The van der Waals surface area contributed by atoms with Crippen LogP contribution >= 0.6 is 11.8 Å². The lowest BCUT2D eigenvalue weighted by Gasteiger charge is -2.23. The smallest absolute Gasteiger partial charge is 0.104 e. The first-order valence-corrected chi connectivity index (χ1v) is 8.62. The van der Waals surface area contributed by atoms with Crippen molar-refractivity contribution in [2.75, 3.05) is 11.5 Å². The Hall–Kier alpha value is -0.200. The molecule has 0 bridgehead atoms. The van der Waals surface area contributed by atoms with Crippen molar-refractivity contribution < 1.29 is 0 Å². The van der Waals surface area contributed by atoms with Crippen LogP contribution in [0.15, 0.2) is 0 Å². The number of hydrogen-bond acceptors (Lipinski definition) is 3. The molecule has 0 heterocycles. The maximum Gasteiger partial charge on any atom is 0.104 e. The molecule has 1 aliphatic carbocycles. The highest BCUT2D eigenvalue weighted by Crippen LogP contribution is 2.25. The predicted octanol–water partition coefficient (Wildman–Crippen LogP) is 4.11. The van der Waals surface area contributed by atoms with E-state index in [9.17, 15) is 5.26 Å². The van der Waals surface area contributed by atoms with Crippen LogP contribution in [0.4, 0.5) is 0 Å². The quantitative estimate of drug-likeness (QED) is 0.573. The van der Waals surface area contributed by atoms with Gasteiger partial charge in [-0.25, -0.2) is 0 Å². The van der Waals surface area contributed by atoms with Gasteiger partial charge in [0.05, 0.1) is 6.07 Å². The Morgan fingerprint density at radius 2 is 1.89 bits per heavy atom. The van der Waals surface area contributed by atoms with Crippen LogP contribution in [0.5, 0.6) is 0 Å². The van der Waals surface area contributed by atoms with Crippen LogP contribution in [0.2, 0.25) is 0 Å². The molecule has 104 valence electrons. The minimum absolute atomic E-state index is 0.284. The van der Waals surface area contributed by atoms with Gasteiger partial charge in [0, 0.05) is 6.04 Å². The molecule has 1 aliphatic rings. The van der Waals surface area contributed by atoms with Gasteiger partial charge >= 0.3 is 0 Å². The number of unbranched alkanes of at least 4 members (excludes halogenated alkanes) is 3. The zero-order valence-electron chi connectivity index (χ0n) is 12.0. The summed E-state index contributed by atoms with van der Waals surface area (Å²) < 4.78 is 0. The third-order valence-corrected chi connectivity index (χ3v) is 4.61. The molecule has 0 amide bonds. The molecule has 1 fully saturated rings. The number of nitriles is 1. The van der Waals surface area contributed by atoms with E-state index in [1.54, 1.807) is 0 Å². The molecule has 0 aromatic carbocycles. The molecule has 18 heavy (non-hydrogen) atoms. The summed E-state index contributed by atoms with van der Waals surface area (Å²) >= 11 is 2.07. The molecule has 1 rings (SSSR count). The fourth-order valence-corrected chi connectivity index (χ4v) is 3.10. The molecule has 1 atom stereocenters. The lowest BCUT2D eigenvalue weighted by Crippen LogP contribution is -2.42. The molecule has 0 spiro atoms. The van der Waals surface area contributed by atoms with Crippen molar-refractivity contribution in [3.05, 3.63) is 0 Å². The average Bonchev–Trinajstić information content (AvgIpc) is 3.16. The third kappa shape index (κ3) is 7.28. The summed E-state index contributed by atoms with van der Waals surface area (Å²) in [5.41, 5.74) is -0.284. The summed E-state index contributed by atoms with van der Waals surface area (Å²) in [4.78, 5) is 0. The Bertz CT molecular complexity index is 258. The number of nitrogens with one attached hydrogen (secondary N) is 1. The first-order valence-electron chi connectivity index (χ1n) is 7.47. The number of hydrogen-bond donors (Lipinski definition) is 1. The summed E-state index contributed by atoms with van der Waals surface area (Å²) in [5.74, 6) is 2.57. The molecular weight excluding hydrogens is 240 g/mol. The first-order chi connectivity index (χ1) is 8.70. The lowest BCUT2D eigenvalue weighted by atomic mass is 9.96. The van der Waals surface area contributed by atoms with E-state index >= 15 is 0 Å². The van der Waals surface area contributed by atoms with Crippen molar-refractivity contribution in [3.63, 3.8) is 0 Å². The molecule has 1 saturated carbocycles. The summed E-state index contributed by atoms with van der Waals surface area (Å²) in [5, 5.41) is 12.7. The minimum Gasteiger partial charge on any atom is -0.297 e. The number of rotatable bonds is 11. The van der Waals surface area contributed by atoms with Gasteiger partial charge in [0.1, 0.15) is 5.54 Å². The van der Waals surface area contributed by atoms with Crippen LogP contribution < -0.4 is 5.32 Å². The van der Waals surface area contributed by atoms with E-state index in [4.69, 9.17) is 0 Å². The summed E-state index contributed by atoms with van der Waals surface area (Å²) in [7, 11) is 0. The van der Waals surface area contributed by atoms with Gasteiger partial charge in [0.2, 0.25) is 0 Å². The third-order valence-electron chi connectivity index (χ3n) is 3.45. The zero-order valence-corrected chi connectivity index (χ0v) is 12.8. The van der Waals surface area contributed by atoms with Gasteiger partial charge < -0.3 is 0 Å². The fraction of sp³-hybridized carbons (Fsp3) is 0.933. The van der Waals surface area contributed by atoms with Gasteiger partial charge in [-0.2, -0.15) is 17.0 Å². The van der Waals surface area contributed by atoms with Gasteiger partial charge in [0.25, 0.3) is 0 Å². The number of nitrogens with zero attached hydrogens (tertiary/aromatic N) is 1. The van der Waals surface area contributed by atoms with Gasteiger partial charge in [-0.05, 0) is 57.0 Å². The molecule has 0 aromatic rings. The van der Waals surface area contributed by atoms with Gasteiger partial charge in [-0.15, -0.1) is 0 Å². The van der Waals surface area contributed by atoms with E-state index in [0.717, 1.165) is 6.42 Å². The van der Waals surface area contributed by atoms with Crippen LogP contribution in [-0.4, -0.2) is 23.1 Å². The van der Waals surface area contributed by atoms with Crippen LogP contribution in [0.3, 0.4) is 0 Å². The highest BCUT2D eigenvalue weighted by Gasteiger charge is 2.31. The average molecular weight is 268 g/mol. The van der Waals surface area contributed by atoms with Gasteiger partial charge in [-0.3, -0.25) is 5.32 Å². The highest BCUT2D eigenvalue weighted by atomic mass is 32.2. The van der Waals surface area contributed by atoms with E-state index in [1.807, 2.05) is 0 Å². The maximum atomic E-state index is 9.24. The first kappa shape index (κ1) is 15.9. The van der Waals surface area contributed by atoms with Crippen LogP contribution in [0.1, 0.15) is 65.2 Å². The highest BCUT2D eigenvalue weighted by molar-refractivity contribution is 7.99. The van der Waals surface area contributed by atoms with Crippen molar-refractivity contribution >= 4 is 11.8 Å². The lowest BCUT2D eigenvalue weighted by molar-refractivity contribution is 0.402. The van der Waals surface area contributed by atoms with Crippen molar-refractivity contribution in [2.24, 2.45) is 0 Å². The standard InChI is InChI=1S/C15H28N2S/c1-3-4-6-11-18-12-7-5-10-15(2,13-16)17-14-8-9-14/h14,17H,3-12H2,1-2H3. The second-order valence-electron chi connectivity index (χ2n) is 5.64. The maximum absolute atomic E-state index is 9.24. The second-order valence-corrected chi connectivity index (χ2v) is 6.86. The van der Waals surface area contributed by atoms with Crippen molar-refractivity contribution in [3.8, 4) is 6.07 Å². The fourth-order valence-electron chi connectivity index (χ4n) is 2.08. The zero-order chi connectivity index (χ0) is 13.3. The van der Waals surface area contributed by atoms with E-state index in [1.165, 1.54) is 56.5 Å². The molecule has 0 aromatic heterocycles. The van der Waals surface area contributed by atoms with Crippen LogP contribution in [0, 0.1) is 11.3 Å². The molecule has 2 nitrogen and oxygen atoms in total. The van der Waals surface area contributed by atoms with E-state index < -0.39 is 0 Å². The molecule has 0 saturated heterocycles. The summed E-state index contributed by atoms with van der Waals surface area (Å²) in [6, 6.07) is 3.07. The Morgan fingerprint density at radius 1 is 1.22 bits per heavy atom. The number of thioether (sulfide) groups is 1. The normalized spacial score (nSPS) is 18.3. The molecule has 1 N–H and O–H groups in total. The Balaban J connectivity index is 1.96. The SMILES string of the molecule is CCCCCSCCCCC(C)(C#N)NC1CC1. The van der Waals surface area contributed by atoms with E-state index in [-0.39, 0.29) is 5.54 Å². The minimum atomic E-state index is -0.284. The monoisotopic (exact) mass is 268 g/mol. The van der Waals surface area contributed by atoms with Crippen molar-refractivity contribution in [1.29, 1.82) is 5.26 Å². The topological polar surface area (TPSA) is 35.8 Å². The Labute approximate surface area is 117 Å². The summed E-state index contributed by atoms with van der Waals surface area (Å²) in [6.07, 6.45) is 9.97. The van der Waals surface area contributed by atoms with Crippen molar-refractivity contribution in [2.45, 2.75) is 76.8 Å². The predicted molar refractivity (Wildman–Crippen MR) is 80.9 cm³/mol. The van der Waals surface area contributed by atoms with Crippen LogP contribution in [-0.2, 0) is 0 Å². The van der Waals surface area contributed by atoms with E-state index in [0.29, 0.717) is 6.04 Å².